The van der Waals surface area contributed by atoms with E-state index in [0.717, 1.165) is 18.4 Å². The van der Waals surface area contributed by atoms with Crippen molar-refractivity contribution in [2.75, 3.05) is 6.61 Å². The number of hydrogen-bond acceptors (Lipinski definition) is 7. The smallest absolute Gasteiger partial charge is 0.211 e. The Morgan fingerprint density at radius 3 is 2.58 bits per heavy atom. The highest BCUT2D eigenvalue weighted by atomic mass is 16.8. The minimum absolute atomic E-state index is 0.0218. The summed E-state index contributed by atoms with van der Waals surface area (Å²) in [5.74, 6) is -3.60. The van der Waals surface area contributed by atoms with Gasteiger partial charge in [-0.15, -0.1) is 0 Å². The molecular weight excluding hydrogens is 400 g/mol. The topological polar surface area (TPSA) is 109 Å². The van der Waals surface area contributed by atoms with E-state index < -0.39 is 40.0 Å². The molecule has 2 spiro atoms. The Balaban J connectivity index is 1.49. The molecule has 0 radical (unpaired) electrons. The molecule has 8 aliphatic rings. The molecule has 8 fully saturated rings. The van der Waals surface area contributed by atoms with Crippen LogP contribution in [0.1, 0.15) is 40.5 Å². The summed E-state index contributed by atoms with van der Waals surface area (Å²) in [6, 6.07) is 0. The maximum atomic E-state index is 13.9. The standard InChI is InChI=1S/C24H32O7/c1-9-10-6-7-11-22-8-29-24(31-21(4,5)28,23(11)13(10)12(9)16(23)25)18(27)15(22)20(2,3)17(26)14-19(22)30-14/h10-15,17-19,26-28H,1,6-8H2,2-5H3/t10-,11-,12?,13-,14+,15+,17-,18-,19+,22-,23+,24-/m0/s1. The predicted octanol–water partition coefficient (Wildman–Crippen LogP) is 1.00. The van der Waals surface area contributed by atoms with Crippen LogP contribution >= 0.6 is 0 Å². The summed E-state index contributed by atoms with van der Waals surface area (Å²) in [4.78, 5) is 13.9. The first-order valence-electron chi connectivity index (χ1n) is 11.7. The molecule has 5 aliphatic carbocycles. The number of ether oxygens (including phenoxy) is 3. The van der Waals surface area contributed by atoms with Crippen molar-refractivity contribution in [3.8, 4) is 0 Å². The second-order valence-electron chi connectivity index (χ2n) is 12.4. The summed E-state index contributed by atoms with van der Waals surface area (Å²) in [6.45, 7) is 11.5. The molecule has 3 saturated heterocycles. The van der Waals surface area contributed by atoms with Gasteiger partial charge in [0.2, 0.25) is 5.79 Å². The van der Waals surface area contributed by atoms with E-state index in [-0.39, 0.29) is 47.6 Å². The Hall–Kier alpha value is -0.830. The number of Topliss-reactive ketones (excluding diaryl/α,β-unsaturated/α-hetero) is 1. The van der Waals surface area contributed by atoms with Gasteiger partial charge < -0.3 is 29.5 Å². The largest absolute Gasteiger partial charge is 0.390 e. The third kappa shape index (κ3) is 1.65. The van der Waals surface area contributed by atoms with Crippen molar-refractivity contribution in [3.05, 3.63) is 12.2 Å². The Labute approximate surface area is 181 Å². The van der Waals surface area contributed by atoms with Crippen LogP contribution in [0, 0.1) is 45.8 Å². The lowest BCUT2D eigenvalue weighted by Crippen LogP contribution is -2.93. The van der Waals surface area contributed by atoms with Crippen LogP contribution in [-0.4, -0.2) is 63.7 Å². The summed E-state index contributed by atoms with van der Waals surface area (Å²) in [6.07, 6.45) is -0.647. The average molecular weight is 433 g/mol. The van der Waals surface area contributed by atoms with Gasteiger partial charge in [0.1, 0.15) is 12.2 Å². The normalized spacial score (nSPS) is 62.0. The SMILES string of the molecule is C=C1C2C(=O)[C@]34[C@H]2[C@H]1CC[C@H]3[C@@]12CO[C@]4(OC(C)(C)O)[C@@H](O)[C@@H]1C(C)(C)[C@@H](O)[C@H]1O[C@H]12. The van der Waals surface area contributed by atoms with Gasteiger partial charge in [-0.1, -0.05) is 26.0 Å². The number of rotatable bonds is 2. The molecule has 7 heteroatoms. The lowest BCUT2D eigenvalue weighted by Gasteiger charge is -2.83. The van der Waals surface area contributed by atoms with E-state index in [1.54, 1.807) is 0 Å². The molecule has 2 bridgehead atoms. The zero-order valence-corrected chi connectivity index (χ0v) is 18.5. The molecule has 31 heavy (non-hydrogen) atoms. The summed E-state index contributed by atoms with van der Waals surface area (Å²) >= 11 is 0. The number of epoxide rings is 1. The first-order valence-corrected chi connectivity index (χ1v) is 11.7. The highest BCUT2D eigenvalue weighted by molar-refractivity contribution is 6.01. The predicted molar refractivity (Wildman–Crippen MR) is 106 cm³/mol. The highest BCUT2D eigenvalue weighted by Gasteiger charge is 2.94. The lowest BCUT2D eigenvalue weighted by molar-refractivity contribution is -0.503. The van der Waals surface area contributed by atoms with Crippen molar-refractivity contribution in [3.63, 3.8) is 0 Å². The van der Waals surface area contributed by atoms with Crippen molar-refractivity contribution < 1.29 is 34.3 Å². The molecule has 3 N–H and O–H groups in total. The minimum atomic E-state index is -1.64. The van der Waals surface area contributed by atoms with E-state index in [1.165, 1.54) is 13.8 Å². The molecule has 0 amide bonds. The second-order valence-corrected chi connectivity index (χ2v) is 12.4. The zero-order chi connectivity index (χ0) is 22.1. The summed E-state index contributed by atoms with van der Waals surface area (Å²) in [5, 5.41) is 33.8. The fraction of sp³-hybridized carbons (Fsp3) is 0.875. The fourth-order valence-electron chi connectivity index (χ4n) is 9.83. The van der Waals surface area contributed by atoms with E-state index in [9.17, 15) is 20.1 Å². The first-order chi connectivity index (χ1) is 14.4. The van der Waals surface area contributed by atoms with E-state index in [2.05, 4.69) is 6.58 Å². The second kappa shape index (κ2) is 4.98. The Bertz CT molecular complexity index is 937. The van der Waals surface area contributed by atoms with Crippen LogP contribution in [0.25, 0.3) is 0 Å². The van der Waals surface area contributed by atoms with E-state index in [0.29, 0.717) is 6.61 Å². The van der Waals surface area contributed by atoms with E-state index in [1.807, 2.05) is 13.8 Å². The number of ketones is 1. The average Bonchev–Trinajstić information content (AvgIpc) is 3.46. The third-order valence-corrected chi connectivity index (χ3v) is 10.6. The van der Waals surface area contributed by atoms with Crippen molar-refractivity contribution in [1.29, 1.82) is 0 Å². The molecule has 8 rings (SSSR count). The first kappa shape index (κ1) is 19.6. The maximum absolute atomic E-state index is 13.9. The molecule has 0 aromatic rings. The summed E-state index contributed by atoms with van der Waals surface area (Å²) in [5.41, 5.74) is -1.23. The number of fused-ring (bicyclic) bond motifs is 2. The van der Waals surface area contributed by atoms with Crippen LogP contribution in [0.2, 0.25) is 0 Å². The number of carbonyl (C=O) groups excluding carboxylic acids is 1. The monoisotopic (exact) mass is 432 g/mol. The van der Waals surface area contributed by atoms with E-state index >= 15 is 0 Å². The van der Waals surface area contributed by atoms with Crippen molar-refractivity contribution >= 4 is 5.78 Å². The van der Waals surface area contributed by atoms with Crippen LogP contribution < -0.4 is 0 Å². The number of aliphatic hydroxyl groups is 3. The molecule has 5 saturated carbocycles. The van der Waals surface area contributed by atoms with Gasteiger partial charge in [0.15, 0.2) is 11.6 Å². The molecule has 3 aliphatic heterocycles. The van der Waals surface area contributed by atoms with Gasteiger partial charge in [-0.25, -0.2) is 0 Å². The zero-order valence-electron chi connectivity index (χ0n) is 18.5. The highest BCUT2D eigenvalue weighted by Crippen LogP contribution is 2.85. The molecule has 0 aromatic carbocycles. The lowest BCUT2D eigenvalue weighted by atomic mass is 9.23. The quantitative estimate of drug-likeness (QED) is 0.339. The van der Waals surface area contributed by atoms with Crippen LogP contribution in [0.4, 0.5) is 0 Å². The van der Waals surface area contributed by atoms with Gasteiger partial charge in [-0.3, -0.25) is 4.79 Å². The number of allylic oxidation sites excluding steroid dienone is 1. The van der Waals surface area contributed by atoms with Crippen LogP contribution in [0.5, 0.6) is 0 Å². The van der Waals surface area contributed by atoms with Gasteiger partial charge in [0.25, 0.3) is 0 Å². The van der Waals surface area contributed by atoms with Gasteiger partial charge in [-0.05, 0) is 49.9 Å². The van der Waals surface area contributed by atoms with Crippen LogP contribution in [0.15, 0.2) is 12.2 Å². The number of carbonyl (C=O) groups is 1. The van der Waals surface area contributed by atoms with Crippen LogP contribution in [0.3, 0.4) is 0 Å². The molecule has 7 nitrogen and oxygen atoms in total. The molecule has 12 atom stereocenters. The van der Waals surface area contributed by atoms with Crippen molar-refractivity contribution in [2.45, 2.75) is 76.5 Å². The maximum Gasteiger partial charge on any atom is 0.211 e. The van der Waals surface area contributed by atoms with Gasteiger partial charge >= 0.3 is 0 Å². The Morgan fingerprint density at radius 2 is 1.90 bits per heavy atom. The molecule has 3 heterocycles. The van der Waals surface area contributed by atoms with Crippen molar-refractivity contribution in [2.24, 2.45) is 45.8 Å². The Kier molecular flexibility index (Phi) is 3.15. The minimum Gasteiger partial charge on any atom is -0.390 e. The molecule has 170 valence electrons. The van der Waals surface area contributed by atoms with Crippen LogP contribution in [-0.2, 0) is 19.0 Å². The number of hydrogen-bond donors (Lipinski definition) is 3. The molecule has 0 aromatic heterocycles. The number of aliphatic hydroxyl groups excluding tert-OH is 2. The fourth-order valence-corrected chi connectivity index (χ4v) is 9.83. The van der Waals surface area contributed by atoms with E-state index in [4.69, 9.17) is 14.2 Å². The van der Waals surface area contributed by atoms with Crippen molar-refractivity contribution in [1.82, 2.24) is 0 Å². The third-order valence-electron chi connectivity index (χ3n) is 10.6. The Morgan fingerprint density at radius 1 is 1.19 bits per heavy atom. The summed E-state index contributed by atoms with van der Waals surface area (Å²) in [7, 11) is 0. The summed E-state index contributed by atoms with van der Waals surface area (Å²) < 4.78 is 18.8. The van der Waals surface area contributed by atoms with Gasteiger partial charge in [0.05, 0.1) is 24.2 Å². The van der Waals surface area contributed by atoms with Gasteiger partial charge in [-0.2, -0.15) is 0 Å². The van der Waals surface area contributed by atoms with Gasteiger partial charge in [0, 0.05) is 17.3 Å². The molecular formula is C24H32O7. The molecule has 1 unspecified atom stereocenters.